The Labute approximate surface area is 343 Å². The van der Waals surface area contributed by atoms with Gasteiger partial charge in [-0.25, -0.2) is 0 Å². The van der Waals surface area contributed by atoms with Crippen LogP contribution in [-0.2, 0) is 6.42 Å². The van der Waals surface area contributed by atoms with Crippen LogP contribution in [0.3, 0.4) is 0 Å². The number of aromatic hydroxyl groups is 3. The van der Waals surface area contributed by atoms with Crippen molar-refractivity contribution in [3.63, 3.8) is 0 Å². The topological polar surface area (TPSA) is 73.8 Å². The Balaban J connectivity index is 1.11. The highest BCUT2D eigenvalue weighted by Crippen LogP contribution is 2.58. The zero-order valence-corrected chi connectivity index (χ0v) is 32.3. The quantitative estimate of drug-likeness (QED) is 0.0946. The molecule has 0 atom stereocenters. The van der Waals surface area contributed by atoms with E-state index < -0.39 is 0 Å². The van der Waals surface area contributed by atoms with Crippen LogP contribution >= 0.6 is 0 Å². The number of para-hydroxylation sites is 1. The third kappa shape index (κ3) is 4.50. The molecule has 0 saturated carbocycles. The van der Waals surface area contributed by atoms with Gasteiger partial charge in [0.15, 0.2) is 11.5 Å². The van der Waals surface area contributed by atoms with Gasteiger partial charge in [-0.2, -0.15) is 0 Å². The van der Waals surface area contributed by atoms with Gasteiger partial charge in [-0.3, -0.25) is 0 Å². The Morgan fingerprint density at radius 3 is 1.83 bits per heavy atom. The molecular weight excluding hydrogens is 737 g/mol. The van der Waals surface area contributed by atoms with Crippen molar-refractivity contribution in [2.24, 2.45) is 0 Å². The van der Waals surface area contributed by atoms with Crippen LogP contribution in [0.1, 0.15) is 12.0 Å². The maximum Gasteiger partial charge on any atom is 0.169 e. The summed E-state index contributed by atoms with van der Waals surface area (Å²) in [6, 6.07) is 53.9. The van der Waals surface area contributed by atoms with E-state index in [2.05, 4.69) is 97.1 Å². The zero-order chi connectivity index (χ0) is 39.8. The first kappa shape index (κ1) is 33.2. The molecule has 13 rings (SSSR count). The van der Waals surface area contributed by atoms with Gasteiger partial charge < -0.3 is 19.7 Å². The molecule has 4 nitrogen and oxygen atoms in total. The van der Waals surface area contributed by atoms with Crippen LogP contribution in [0.2, 0.25) is 0 Å². The Morgan fingerprint density at radius 2 is 1.00 bits per heavy atom. The van der Waals surface area contributed by atoms with E-state index >= 15 is 0 Å². The first-order chi connectivity index (χ1) is 29.5. The molecular formula is C56H34O4. The van der Waals surface area contributed by atoms with Crippen LogP contribution in [0.15, 0.2) is 162 Å². The third-order valence-electron chi connectivity index (χ3n) is 13.2. The summed E-state index contributed by atoms with van der Waals surface area (Å²) >= 11 is 0. The van der Waals surface area contributed by atoms with Crippen LogP contribution in [0.25, 0.3) is 126 Å². The molecule has 0 saturated heterocycles. The summed E-state index contributed by atoms with van der Waals surface area (Å²) in [6.07, 6.45) is 4.24. The number of rotatable bonds is 4. The van der Waals surface area contributed by atoms with Crippen molar-refractivity contribution in [2.75, 3.05) is 0 Å². The van der Waals surface area contributed by atoms with Crippen molar-refractivity contribution in [3.8, 4) is 61.8 Å². The molecule has 60 heavy (non-hydrogen) atoms. The van der Waals surface area contributed by atoms with E-state index in [-0.39, 0.29) is 22.8 Å². The molecule has 0 unspecified atom stereocenters. The monoisotopic (exact) mass is 770 g/mol. The zero-order valence-electron chi connectivity index (χ0n) is 32.3. The molecule has 282 valence electrons. The number of phenols is 3. The molecule has 3 N–H and O–H groups in total. The number of fused-ring (bicyclic) bond motifs is 3. The standard InChI is InChI=1S/C56H34O4/c57-54-52(42-25-20-34-16-14-30-6-3-8-32-18-23-40(42)49(34)47(30)32)51(38-11-5-10-36(28-38)37-22-27-46-44(29-37)39-12-1-2-13-45(39)60-46)55(58)56(59)53(54)43-26-21-35-17-15-31-7-4-9-33-19-24-41(43)50(35)48(31)33/h1-3,5-8,10-29,57-59H,4,9H2. The lowest BCUT2D eigenvalue weighted by Gasteiger charge is -2.23. The predicted octanol–water partition coefficient (Wildman–Crippen LogP) is 14.0. The molecule has 0 bridgehead atoms. The molecule has 0 amide bonds. The maximum atomic E-state index is 13.0. The van der Waals surface area contributed by atoms with Crippen molar-refractivity contribution < 1.29 is 19.7 Å². The fourth-order valence-corrected chi connectivity index (χ4v) is 10.4. The van der Waals surface area contributed by atoms with Gasteiger partial charge in [-0.1, -0.05) is 140 Å². The van der Waals surface area contributed by atoms with Gasteiger partial charge in [-0.15, -0.1) is 0 Å². The molecule has 4 heteroatoms. The van der Waals surface area contributed by atoms with Crippen molar-refractivity contribution in [1.82, 2.24) is 0 Å². The van der Waals surface area contributed by atoms with Crippen LogP contribution in [0, 0.1) is 0 Å². The first-order valence-electron chi connectivity index (χ1n) is 20.5. The molecule has 0 aliphatic heterocycles. The van der Waals surface area contributed by atoms with Gasteiger partial charge in [0, 0.05) is 21.9 Å². The van der Waals surface area contributed by atoms with Gasteiger partial charge in [-0.05, 0) is 130 Å². The highest BCUT2D eigenvalue weighted by molar-refractivity contribution is 6.27. The maximum absolute atomic E-state index is 13.0. The lowest BCUT2D eigenvalue weighted by molar-refractivity contribution is 0.401. The number of aryl methyl sites for hydroxylation is 1. The van der Waals surface area contributed by atoms with Crippen molar-refractivity contribution in [1.29, 1.82) is 0 Å². The fourth-order valence-electron chi connectivity index (χ4n) is 10.4. The smallest absolute Gasteiger partial charge is 0.169 e. The Morgan fingerprint density at radius 1 is 0.383 bits per heavy atom. The second-order valence-corrected chi connectivity index (χ2v) is 16.3. The van der Waals surface area contributed by atoms with Crippen molar-refractivity contribution in [3.05, 3.63) is 169 Å². The summed E-state index contributed by atoms with van der Waals surface area (Å²) < 4.78 is 6.14. The van der Waals surface area contributed by atoms with Gasteiger partial charge in [0.2, 0.25) is 0 Å². The van der Waals surface area contributed by atoms with Crippen molar-refractivity contribution in [2.45, 2.75) is 12.8 Å². The number of benzene rings is 11. The minimum Gasteiger partial charge on any atom is -0.506 e. The summed E-state index contributed by atoms with van der Waals surface area (Å²) in [6.45, 7) is 0. The Kier molecular flexibility index (Phi) is 6.69. The summed E-state index contributed by atoms with van der Waals surface area (Å²) in [5.41, 5.74) is 7.91. The van der Waals surface area contributed by atoms with E-state index in [0.717, 1.165) is 99.9 Å². The molecule has 1 aliphatic carbocycles. The largest absolute Gasteiger partial charge is 0.506 e. The normalized spacial score (nSPS) is 12.9. The molecule has 1 aromatic heterocycles. The molecule has 1 aliphatic rings. The fraction of sp³-hybridized carbons (Fsp3) is 0.0357. The van der Waals surface area contributed by atoms with Gasteiger partial charge in [0.1, 0.15) is 16.9 Å². The Hall–Kier alpha value is -7.82. The molecule has 11 aromatic carbocycles. The van der Waals surface area contributed by atoms with Crippen LogP contribution in [0.5, 0.6) is 17.2 Å². The summed E-state index contributed by atoms with van der Waals surface area (Å²) in [4.78, 5) is 0. The van der Waals surface area contributed by atoms with E-state index in [1.54, 1.807) is 0 Å². The average Bonchev–Trinajstić information content (AvgIpc) is 3.67. The van der Waals surface area contributed by atoms with Crippen LogP contribution < -0.4 is 5.22 Å². The molecule has 12 aromatic rings. The van der Waals surface area contributed by atoms with E-state index in [4.69, 9.17) is 4.42 Å². The molecule has 0 radical (unpaired) electrons. The number of furan rings is 1. The molecule has 0 fully saturated rings. The lowest BCUT2D eigenvalue weighted by atomic mass is 9.82. The number of phenolic OH excluding ortho intramolecular Hbond substituents is 3. The first-order valence-corrected chi connectivity index (χ1v) is 20.5. The minimum atomic E-state index is -0.365. The van der Waals surface area contributed by atoms with E-state index in [0.29, 0.717) is 22.3 Å². The molecule has 0 spiro atoms. The SMILES string of the molecule is Oc1c(O)c(-c2cccc(-c3ccc4oc5ccccc5c4c3)c2)c(-c2ccc3ccc4cccc5ccc2c3c45)c(O)c1-c1ccc2ccc3c4c(ccc1c24)CCC=3. The highest BCUT2D eigenvalue weighted by atomic mass is 16.3. The highest BCUT2D eigenvalue weighted by Gasteiger charge is 2.30. The summed E-state index contributed by atoms with van der Waals surface area (Å²) in [5, 5.41) is 52.1. The summed E-state index contributed by atoms with van der Waals surface area (Å²) in [5.74, 6) is -0.752. The van der Waals surface area contributed by atoms with Crippen LogP contribution in [-0.4, -0.2) is 15.3 Å². The second-order valence-electron chi connectivity index (χ2n) is 16.3. The van der Waals surface area contributed by atoms with E-state index in [9.17, 15) is 15.3 Å². The van der Waals surface area contributed by atoms with E-state index in [1.165, 1.54) is 16.2 Å². The number of hydrogen-bond acceptors (Lipinski definition) is 4. The predicted molar refractivity (Wildman–Crippen MR) is 247 cm³/mol. The Bertz CT molecular complexity index is 3850. The van der Waals surface area contributed by atoms with Gasteiger partial charge in [0.05, 0.1) is 5.56 Å². The van der Waals surface area contributed by atoms with Gasteiger partial charge >= 0.3 is 0 Å². The average molecular weight is 771 g/mol. The number of hydrogen-bond donors (Lipinski definition) is 3. The summed E-state index contributed by atoms with van der Waals surface area (Å²) in [7, 11) is 0. The van der Waals surface area contributed by atoms with Crippen LogP contribution in [0.4, 0.5) is 0 Å². The minimum absolute atomic E-state index is 0.0952. The van der Waals surface area contributed by atoms with E-state index in [1.807, 2.05) is 66.7 Å². The third-order valence-corrected chi connectivity index (χ3v) is 13.2. The van der Waals surface area contributed by atoms with Gasteiger partial charge in [0.25, 0.3) is 0 Å². The van der Waals surface area contributed by atoms with Crippen molar-refractivity contribution >= 4 is 81.9 Å². The lowest BCUT2D eigenvalue weighted by Crippen LogP contribution is -2.10. The second kappa shape index (κ2) is 12.1. The molecule has 1 heterocycles.